The van der Waals surface area contributed by atoms with Gasteiger partial charge in [0.2, 0.25) is 0 Å². The fourth-order valence-corrected chi connectivity index (χ4v) is 3.33. The molecule has 0 aromatic heterocycles. The number of rotatable bonds is 8. The van der Waals surface area contributed by atoms with E-state index in [1.54, 1.807) is 37.8 Å². The van der Waals surface area contributed by atoms with Gasteiger partial charge in [0.25, 0.3) is 0 Å². The van der Waals surface area contributed by atoms with E-state index in [1.807, 2.05) is 70.3 Å². The predicted octanol–water partition coefficient (Wildman–Crippen LogP) is 6.03. The molecule has 4 nitrogen and oxygen atoms in total. The average Bonchev–Trinajstić information content (AvgIpc) is 2.68. The highest BCUT2D eigenvalue weighted by Crippen LogP contribution is 2.30. The molecular weight excluding hydrogens is 396 g/mol. The Bertz CT molecular complexity index is 917. The number of thioether (sulfide) groups is 1. The van der Waals surface area contributed by atoms with Gasteiger partial charge in [-0.1, -0.05) is 6.08 Å². The van der Waals surface area contributed by atoms with Gasteiger partial charge in [0.1, 0.15) is 5.75 Å². The van der Waals surface area contributed by atoms with Crippen molar-refractivity contribution in [1.29, 1.82) is 0 Å². The largest absolute Gasteiger partial charge is 0.476 e. The van der Waals surface area contributed by atoms with Crippen LogP contribution in [0.4, 0.5) is 0 Å². The van der Waals surface area contributed by atoms with E-state index in [4.69, 9.17) is 9.47 Å². The molecule has 0 N–H and O–H groups in total. The molecule has 0 radical (unpaired) electrons. The lowest BCUT2D eigenvalue weighted by Gasteiger charge is -2.27. The lowest BCUT2D eigenvalue weighted by Crippen LogP contribution is -2.41. The van der Waals surface area contributed by atoms with E-state index < -0.39 is 11.6 Å². The van der Waals surface area contributed by atoms with Gasteiger partial charge in [-0.3, -0.25) is 4.79 Å². The SMILES string of the molecule is CSc1ccc(C(=O)/C=C/c2cc(C)c(OC(C)(C)C(=O)OC(C)C)c(C)c2)cc1. The Labute approximate surface area is 183 Å². The molecule has 0 atom stereocenters. The summed E-state index contributed by atoms with van der Waals surface area (Å²) < 4.78 is 11.3. The summed E-state index contributed by atoms with van der Waals surface area (Å²) >= 11 is 1.64. The number of carbonyl (C=O) groups is 2. The molecule has 2 aromatic carbocycles. The van der Waals surface area contributed by atoms with Crippen molar-refractivity contribution >= 4 is 29.6 Å². The van der Waals surface area contributed by atoms with Crippen LogP contribution in [0.5, 0.6) is 5.75 Å². The molecule has 5 heteroatoms. The summed E-state index contributed by atoms with van der Waals surface area (Å²) in [6.07, 6.45) is 5.17. The quantitative estimate of drug-likeness (QED) is 0.223. The molecule has 30 heavy (non-hydrogen) atoms. The number of hydrogen-bond acceptors (Lipinski definition) is 5. The van der Waals surface area contributed by atoms with E-state index in [0.717, 1.165) is 21.6 Å². The van der Waals surface area contributed by atoms with Crippen molar-refractivity contribution in [2.75, 3.05) is 6.26 Å². The van der Waals surface area contributed by atoms with E-state index in [0.29, 0.717) is 11.3 Å². The molecule has 0 unspecified atom stereocenters. The molecule has 0 aliphatic carbocycles. The molecule has 0 saturated carbocycles. The van der Waals surface area contributed by atoms with Crippen LogP contribution < -0.4 is 4.74 Å². The highest BCUT2D eigenvalue weighted by molar-refractivity contribution is 7.98. The van der Waals surface area contributed by atoms with Crippen LogP contribution in [0.1, 0.15) is 54.7 Å². The average molecular weight is 427 g/mol. The second kappa shape index (κ2) is 9.98. The zero-order valence-corrected chi connectivity index (χ0v) is 19.6. The van der Waals surface area contributed by atoms with Crippen molar-refractivity contribution < 1.29 is 19.1 Å². The molecule has 160 valence electrons. The van der Waals surface area contributed by atoms with Crippen LogP contribution in [0.25, 0.3) is 6.08 Å². The number of esters is 1. The molecule has 0 bridgehead atoms. The molecular formula is C25H30O4S. The zero-order chi connectivity index (χ0) is 22.5. The van der Waals surface area contributed by atoms with Crippen LogP contribution >= 0.6 is 11.8 Å². The van der Waals surface area contributed by atoms with E-state index in [9.17, 15) is 9.59 Å². The molecule has 0 amide bonds. The van der Waals surface area contributed by atoms with Crippen LogP contribution in [0.3, 0.4) is 0 Å². The minimum atomic E-state index is -1.10. The first-order chi connectivity index (χ1) is 14.0. The third kappa shape index (κ3) is 6.23. The van der Waals surface area contributed by atoms with Crippen LogP contribution in [0.2, 0.25) is 0 Å². The summed E-state index contributed by atoms with van der Waals surface area (Å²) in [6, 6.07) is 11.4. The summed E-state index contributed by atoms with van der Waals surface area (Å²) in [4.78, 5) is 25.9. The van der Waals surface area contributed by atoms with Crippen LogP contribution in [-0.2, 0) is 9.53 Å². The maximum absolute atomic E-state index is 12.4. The molecule has 0 fully saturated rings. The number of ketones is 1. The maximum atomic E-state index is 12.4. The van der Waals surface area contributed by atoms with Crippen molar-refractivity contribution in [3.05, 3.63) is 64.7 Å². The molecule has 2 aromatic rings. The number of ether oxygens (including phenoxy) is 2. The monoisotopic (exact) mass is 426 g/mol. The van der Waals surface area contributed by atoms with Gasteiger partial charge in [0.15, 0.2) is 11.4 Å². The summed E-state index contributed by atoms with van der Waals surface area (Å²) in [5.74, 6) is 0.200. The summed E-state index contributed by atoms with van der Waals surface area (Å²) in [5, 5.41) is 0. The number of aryl methyl sites for hydroxylation is 2. The zero-order valence-electron chi connectivity index (χ0n) is 18.7. The normalized spacial score (nSPS) is 11.7. The van der Waals surface area contributed by atoms with Gasteiger partial charge in [-0.2, -0.15) is 0 Å². The lowest BCUT2D eigenvalue weighted by atomic mass is 10.0. The molecule has 0 aliphatic rings. The Morgan fingerprint density at radius 3 is 2.10 bits per heavy atom. The first-order valence-corrected chi connectivity index (χ1v) is 11.1. The van der Waals surface area contributed by atoms with E-state index in [1.165, 1.54) is 0 Å². The Hall–Kier alpha value is -2.53. The Morgan fingerprint density at radius 2 is 1.60 bits per heavy atom. The second-order valence-corrected chi connectivity index (χ2v) is 8.86. The Kier molecular flexibility index (Phi) is 7.90. The van der Waals surface area contributed by atoms with E-state index >= 15 is 0 Å². The van der Waals surface area contributed by atoms with Crippen molar-refractivity contribution in [2.45, 2.75) is 58.1 Å². The van der Waals surface area contributed by atoms with Gasteiger partial charge in [-0.15, -0.1) is 11.8 Å². The van der Waals surface area contributed by atoms with Crippen molar-refractivity contribution in [1.82, 2.24) is 0 Å². The van der Waals surface area contributed by atoms with E-state index in [2.05, 4.69) is 0 Å². The van der Waals surface area contributed by atoms with Crippen molar-refractivity contribution in [3.63, 3.8) is 0 Å². The third-order valence-electron chi connectivity index (χ3n) is 4.48. The first-order valence-electron chi connectivity index (χ1n) is 9.91. The van der Waals surface area contributed by atoms with Crippen LogP contribution in [0.15, 0.2) is 47.4 Å². The highest BCUT2D eigenvalue weighted by Gasteiger charge is 2.33. The molecule has 0 aliphatic heterocycles. The van der Waals surface area contributed by atoms with Crippen molar-refractivity contribution in [3.8, 4) is 5.75 Å². The minimum Gasteiger partial charge on any atom is -0.476 e. The predicted molar refractivity (Wildman–Crippen MR) is 123 cm³/mol. The molecule has 0 spiro atoms. The molecule has 0 heterocycles. The van der Waals surface area contributed by atoms with Crippen LogP contribution in [0, 0.1) is 13.8 Å². The van der Waals surface area contributed by atoms with Gasteiger partial charge in [0, 0.05) is 10.5 Å². The minimum absolute atomic E-state index is 0.0455. The molecule has 0 saturated heterocycles. The van der Waals surface area contributed by atoms with Gasteiger partial charge >= 0.3 is 5.97 Å². The summed E-state index contributed by atoms with van der Waals surface area (Å²) in [6.45, 7) is 10.9. The Morgan fingerprint density at radius 1 is 1.03 bits per heavy atom. The number of allylic oxidation sites excluding steroid dienone is 1. The molecule has 2 rings (SSSR count). The van der Waals surface area contributed by atoms with Gasteiger partial charge in [-0.05, 0) is 107 Å². The van der Waals surface area contributed by atoms with Gasteiger partial charge in [0.05, 0.1) is 6.10 Å². The standard InChI is InChI=1S/C25H30O4S/c1-16(2)28-24(27)25(5,6)29-23-17(3)14-19(15-18(23)4)8-13-22(26)20-9-11-21(30-7)12-10-20/h8-16H,1-7H3/b13-8+. The number of benzene rings is 2. The van der Waals surface area contributed by atoms with Gasteiger partial charge < -0.3 is 9.47 Å². The third-order valence-corrected chi connectivity index (χ3v) is 5.22. The number of hydrogen-bond donors (Lipinski definition) is 0. The number of carbonyl (C=O) groups excluding carboxylic acids is 2. The summed E-state index contributed by atoms with van der Waals surface area (Å²) in [5.41, 5.74) is 2.22. The summed E-state index contributed by atoms with van der Waals surface area (Å²) in [7, 11) is 0. The fraction of sp³-hybridized carbons (Fsp3) is 0.360. The second-order valence-electron chi connectivity index (χ2n) is 7.98. The highest BCUT2D eigenvalue weighted by atomic mass is 32.2. The van der Waals surface area contributed by atoms with Crippen LogP contribution in [-0.4, -0.2) is 29.7 Å². The topological polar surface area (TPSA) is 52.6 Å². The van der Waals surface area contributed by atoms with E-state index in [-0.39, 0.29) is 11.9 Å². The fourth-order valence-electron chi connectivity index (χ4n) is 2.92. The van der Waals surface area contributed by atoms with Gasteiger partial charge in [-0.25, -0.2) is 4.79 Å². The Balaban J connectivity index is 2.18. The smallest absolute Gasteiger partial charge is 0.350 e. The maximum Gasteiger partial charge on any atom is 0.350 e. The first kappa shape index (κ1) is 23.7. The van der Waals surface area contributed by atoms with Crippen molar-refractivity contribution in [2.24, 2.45) is 0 Å². The lowest BCUT2D eigenvalue weighted by molar-refractivity contribution is -0.163.